The Kier molecular flexibility index (Phi) is 5.42. The molecule has 5 heteroatoms. The zero-order valence-electron chi connectivity index (χ0n) is 9.65. The molecule has 0 spiro atoms. The van der Waals surface area contributed by atoms with E-state index in [2.05, 4.69) is 5.32 Å². The Morgan fingerprint density at radius 2 is 2.24 bits per heavy atom. The number of halogens is 1. The van der Waals surface area contributed by atoms with Gasteiger partial charge in [0, 0.05) is 6.42 Å². The first-order valence-electron chi connectivity index (χ1n) is 5.48. The number of carboxylic acid groups (broad SMARTS) is 1. The van der Waals surface area contributed by atoms with E-state index in [1.54, 1.807) is 12.1 Å². The largest absolute Gasteiger partial charge is 0.490 e. The Balaban J connectivity index is 2.41. The Morgan fingerprint density at radius 1 is 1.53 bits per heavy atom. The summed E-state index contributed by atoms with van der Waals surface area (Å²) in [7, 11) is 0. The van der Waals surface area contributed by atoms with Crippen LogP contribution in [0.15, 0.2) is 24.3 Å². The lowest BCUT2D eigenvalue weighted by Crippen LogP contribution is -2.37. The molecular weight excluding hydrogens is 225 g/mol. The lowest BCUT2D eigenvalue weighted by atomic mass is 10.2. The number of para-hydroxylation sites is 1. The van der Waals surface area contributed by atoms with E-state index in [-0.39, 0.29) is 18.8 Å². The zero-order valence-corrected chi connectivity index (χ0v) is 9.65. The van der Waals surface area contributed by atoms with E-state index in [1.807, 2.05) is 6.92 Å². The number of ether oxygens (including phenoxy) is 1. The quantitative estimate of drug-likeness (QED) is 0.762. The summed E-state index contributed by atoms with van der Waals surface area (Å²) in [6.07, 6.45) is 0.289. The van der Waals surface area contributed by atoms with Gasteiger partial charge in [-0.1, -0.05) is 19.1 Å². The molecule has 0 radical (unpaired) electrons. The number of hydrogen-bond acceptors (Lipinski definition) is 3. The highest BCUT2D eigenvalue weighted by Crippen LogP contribution is 2.15. The SMILES string of the molecule is CCNC(CCOc1ccccc1F)C(=O)O. The molecule has 0 aliphatic rings. The second kappa shape index (κ2) is 6.85. The molecule has 94 valence electrons. The highest BCUT2D eigenvalue weighted by Gasteiger charge is 2.15. The van der Waals surface area contributed by atoms with Crippen molar-refractivity contribution < 1.29 is 19.0 Å². The summed E-state index contributed by atoms with van der Waals surface area (Å²) >= 11 is 0. The van der Waals surface area contributed by atoms with Gasteiger partial charge in [-0.2, -0.15) is 0 Å². The van der Waals surface area contributed by atoms with Crippen molar-refractivity contribution in [1.82, 2.24) is 5.32 Å². The van der Waals surface area contributed by atoms with E-state index in [0.29, 0.717) is 6.54 Å². The number of carbonyl (C=O) groups is 1. The standard InChI is InChI=1S/C12H16FNO3/c1-2-14-10(12(15)16)7-8-17-11-6-4-3-5-9(11)13/h3-6,10,14H,2,7-8H2,1H3,(H,15,16). The molecule has 0 heterocycles. The molecule has 2 N–H and O–H groups in total. The first-order valence-corrected chi connectivity index (χ1v) is 5.48. The van der Waals surface area contributed by atoms with Crippen LogP contribution in [0.2, 0.25) is 0 Å². The van der Waals surface area contributed by atoms with Crippen LogP contribution in [0.4, 0.5) is 4.39 Å². The summed E-state index contributed by atoms with van der Waals surface area (Å²) in [5.41, 5.74) is 0. The van der Waals surface area contributed by atoms with Gasteiger partial charge in [-0.05, 0) is 18.7 Å². The average Bonchev–Trinajstić information content (AvgIpc) is 2.30. The van der Waals surface area contributed by atoms with E-state index in [4.69, 9.17) is 9.84 Å². The second-order valence-electron chi connectivity index (χ2n) is 3.52. The normalized spacial score (nSPS) is 12.1. The fraction of sp³-hybridized carbons (Fsp3) is 0.417. The topological polar surface area (TPSA) is 58.6 Å². The Hall–Kier alpha value is -1.62. The highest BCUT2D eigenvalue weighted by molar-refractivity contribution is 5.73. The third-order valence-electron chi connectivity index (χ3n) is 2.25. The van der Waals surface area contributed by atoms with E-state index < -0.39 is 17.8 Å². The minimum absolute atomic E-state index is 0.146. The third kappa shape index (κ3) is 4.40. The van der Waals surface area contributed by atoms with Crippen LogP contribution in [-0.4, -0.2) is 30.3 Å². The number of carboxylic acids is 1. The van der Waals surface area contributed by atoms with Gasteiger partial charge in [-0.15, -0.1) is 0 Å². The van der Waals surface area contributed by atoms with Gasteiger partial charge >= 0.3 is 5.97 Å². The molecule has 1 aromatic rings. The van der Waals surface area contributed by atoms with Gasteiger partial charge in [0.05, 0.1) is 6.61 Å². The monoisotopic (exact) mass is 241 g/mol. The third-order valence-corrected chi connectivity index (χ3v) is 2.25. The second-order valence-corrected chi connectivity index (χ2v) is 3.52. The van der Waals surface area contributed by atoms with Crippen LogP contribution in [-0.2, 0) is 4.79 Å². The van der Waals surface area contributed by atoms with Gasteiger partial charge < -0.3 is 15.2 Å². The smallest absolute Gasteiger partial charge is 0.320 e. The molecule has 0 aliphatic carbocycles. The first kappa shape index (κ1) is 13.4. The van der Waals surface area contributed by atoms with Crippen molar-refractivity contribution in [3.05, 3.63) is 30.1 Å². The molecule has 0 saturated heterocycles. The maximum Gasteiger partial charge on any atom is 0.320 e. The zero-order chi connectivity index (χ0) is 12.7. The van der Waals surface area contributed by atoms with Crippen molar-refractivity contribution in [2.75, 3.05) is 13.2 Å². The maximum absolute atomic E-state index is 13.2. The molecular formula is C12H16FNO3. The number of rotatable bonds is 7. The van der Waals surface area contributed by atoms with Crippen LogP contribution >= 0.6 is 0 Å². The number of aliphatic carboxylic acids is 1. The van der Waals surface area contributed by atoms with Gasteiger partial charge in [-0.3, -0.25) is 4.79 Å². The van der Waals surface area contributed by atoms with Gasteiger partial charge in [0.2, 0.25) is 0 Å². The minimum Gasteiger partial charge on any atom is -0.490 e. The van der Waals surface area contributed by atoms with Crippen molar-refractivity contribution >= 4 is 5.97 Å². The maximum atomic E-state index is 13.2. The summed E-state index contributed by atoms with van der Waals surface area (Å²) in [6.45, 7) is 2.55. The van der Waals surface area contributed by atoms with Crippen LogP contribution < -0.4 is 10.1 Å². The molecule has 0 amide bonds. The van der Waals surface area contributed by atoms with Crippen molar-refractivity contribution in [1.29, 1.82) is 0 Å². The van der Waals surface area contributed by atoms with Gasteiger partial charge in [0.25, 0.3) is 0 Å². The predicted octanol–water partition coefficient (Wildman–Crippen LogP) is 1.66. The first-order chi connectivity index (χ1) is 8.15. The highest BCUT2D eigenvalue weighted by atomic mass is 19.1. The van der Waals surface area contributed by atoms with Crippen molar-refractivity contribution in [3.8, 4) is 5.75 Å². The fourth-order valence-corrected chi connectivity index (χ4v) is 1.41. The molecule has 1 rings (SSSR count). The number of likely N-dealkylation sites (N-methyl/N-ethyl adjacent to an activating group) is 1. The van der Waals surface area contributed by atoms with Gasteiger partial charge in [-0.25, -0.2) is 4.39 Å². The van der Waals surface area contributed by atoms with E-state index >= 15 is 0 Å². The minimum atomic E-state index is -0.927. The van der Waals surface area contributed by atoms with Crippen LogP contribution in [0.25, 0.3) is 0 Å². The van der Waals surface area contributed by atoms with Crippen molar-refractivity contribution in [3.63, 3.8) is 0 Å². The Labute approximate surface area is 99.4 Å². The summed E-state index contributed by atoms with van der Waals surface area (Å²) in [6, 6.07) is 5.39. The molecule has 0 fully saturated rings. The summed E-state index contributed by atoms with van der Waals surface area (Å²) < 4.78 is 18.3. The Bertz CT molecular complexity index is 371. The summed E-state index contributed by atoms with van der Waals surface area (Å²) in [5, 5.41) is 11.7. The number of benzene rings is 1. The molecule has 4 nitrogen and oxygen atoms in total. The predicted molar refractivity (Wildman–Crippen MR) is 61.6 cm³/mol. The lowest BCUT2D eigenvalue weighted by molar-refractivity contribution is -0.139. The van der Waals surface area contributed by atoms with Crippen LogP contribution in [0.1, 0.15) is 13.3 Å². The molecule has 0 bridgehead atoms. The number of nitrogens with one attached hydrogen (secondary N) is 1. The van der Waals surface area contributed by atoms with Crippen LogP contribution in [0, 0.1) is 5.82 Å². The van der Waals surface area contributed by atoms with E-state index in [0.717, 1.165) is 0 Å². The van der Waals surface area contributed by atoms with Crippen molar-refractivity contribution in [2.24, 2.45) is 0 Å². The molecule has 0 saturated carbocycles. The molecule has 1 unspecified atom stereocenters. The average molecular weight is 241 g/mol. The molecule has 0 aromatic heterocycles. The molecule has 0 aliphatic heterocycles. The summed E-state index contributed by atoms with van der Waals surface area (Å²) in [4.78, 5) is 10.8. The lowest BCUT2D eigenvalue weighted by Gasteiger charge is -2.13. The molecule has 1 aromatic carbocycles. The fourth-order valence-electron chi connectivity index (χ4n) is 1.41. The van der Waals surface area contributed by atoms with Crippen molar-refractivity contribution in [2.45, 2.75) is 19.4 Å². The molecule has 1 atom stereocenters. The van der Waals surface area contributed by atoms with E-state index in [1.165, 1.54) is 12.1 Å². The molecule has 17 heavy (non-hydrogen) atoms. The Morgan fingerprint density at radius 3 is 2.82 bits per heavy atom. The van der Waals surface area contributed by atoms with E-state index in [9.17, 15) is 9.18 Å². The van der Waals surface area contributed by atoms with Crippen LogP contribution in [0.3, 0.4) is 0 Å². The van der Waals surface area contributed by atoms with Gasteiger partial charge in [0.15, 0.2) is 11.6 Å². The summed E-state index contributed by atoms with van der Waals surface area (Å²) in [5.74, 6) is -1.22. The van der Waals surface area contributed by atoms with Crippen LogP contribution in [0.5, 0.6) is 5.75 Å². The number of hydrogen-bond donors (Lipinski definition) is 2. The van der Waals surface area contributed by atoms with Gasteiger partial charge in [0.1, 0.15) is 6.04 Å².